The van der Waals surface area contributed by atoms with Crippen molar-refractivity contribution in [2.75, 3.05) is 12.4 Å². The average Bonchev–Trinajstić information content (AvgIpc) is 2.61. The Balaban J connectivity index is 2.25. The molecule has 0 aromatic heterocycles. The quantitative estimate of drug-likeness (QED) is 0.657. The summed E-state index contributed by atoms with van der Waals surface area (Å²) >= 11 is 11.4. The van der Waals surface area contributed by atoms with Gasteiger partial charge in [-0.15, -0.1) is 0 Å². The minimum absolute atomic E-state index is 0.0217. The minimum Gasteiger partial charge on any atom is -0.495 e. The molecule has 1 amide bonds. The van der Waals surface area contributed by atoms with E-state index in [2.05, 4.69) is 10.0 Å². The molecule has 0 unspecified atom stereocenters. The van der Waals surface area contributed by atoms with Gasteiger partial charge in [0.05, 0.1) is 24.4 Å². The predicted octanol–water partition coefficient (Wildman–Crippen LogP) is 4.33. The Morgan fingerprint density at radius 3 is 2.28 bits per heavy atom. The summed E-state index contributed by atoms with van der Waals surface area (Å²) in [6, 6.07) is 5.24. The van der Waals surface area contributed by atoms with E-state index in [-0.39, 0.29) is 20.7 Å². The number of methoxy groups -OCH3 is 1. The molecule has 0 fully saturated rings. The second-order valence-corrected chi connectivity index (χ2v) is 8.37. The lowest BCUT2D eigenvalue weighted by Crippen LogP contribution is -2.41. The summed E-state index contributed by atoms with van der Waals surface area (Å²) in [5.41, 5.74) is -1.72. The Kier molecular flexibility index (Phi) is 7.05. The first-order valence-electron chi connectivity index (χ1n) is 7.88. The number of alkyl halides is 3. The topological polar surface area (TPSA) is 84.5 Å². The van der Waals surface area contributed by atoms with Crippen molar-refractivity contribution < 1.29 is 31.1 Å². The maximum atomic E-state index is 13.1. The molecule has 0 aliphatic carbocycles. The standard InChI is InChI=1S/C17H15Cl2F3N2O4S/c1-9(24-29(26,27)15-8-11(19)4-6-14(15)28-2)16(25)23-13-5-3-10(18)7-12(13)17(20,21)22/h3-9,24H,1-2H3,(H,23,25)/t9-/m0/s1. The third-order valence-corrected chi connectivity index (χ3v) is 5.72. The van der Waals surface area contributed by atoms with Crippen LogP contribution in [0.4, 0.5) is 18.9 Å². The number of nitrogens with one attached hydrogen (secondary N) is 2. The molecular weight excluding hydrogens is 456 g/mol. The van der Waals surface area contributed by atoms with Gasteiger partial charge >= 0.3 is 6.18 Å². The van der Waals surface area contributed by atoms with Crippen LogP contribution in [0.15, 0.2) is 41.3 Å². The van der Waals surface area contributed by atoms with E-state index in [1.165, 1.54) is 26.2 Å². The van der Waals surface area contributed by atoms with Crippen LogP contribution in [0.3, 0.4) is 0 Å². The lowest BCUT2D eigenvalue weighted by Gasteiger charge is -2.18. The van der Waals surface area contributed by atoms with Gasteiger partial charge in [0, 0.05) is 10.0 Å². The lowest BCUT2D eigenvalue weighted by molar-refractivity contribution is -0.137. The van der Waals surface area contributed by atoms with Gasteiger partial charge in [-0.3, -0.25) is 4.79 Å². The summed E-state index contributed by atoms with van der Waals surface area (Å²) in [5, 5.41) is 2.00. The van der Waals surface area contributed by atoms with E-state index in [9.17, 15) is 26.4 Å². The second-order valence-electron chi connectivity index (χ2n) is 5.82. The number of amides is 1. The van der Waals surface area contributed by atoms with Crippen LogP contribution in [0, 0.1) is 0 Å². The van der Waals surface area contributed by atoms with E-state index in [4.69, 9.17) is 27.9 Å². The number of halogens is 5. The van der Waals surface area contributed by atoms with Crippen LogP contribution in [0.5, 0.6) is 5.75 Å². The number of carbonyl (C=O) groups is 1. The average molecular weight is 471 g/mol. The summed E-state index contributed by atoms with van der Waals surface area (Å²) in [6.45, 7) is 1.17. The van der Waals surface area contributed by atoms with Gasteiger partial charge in [-0.1, -0.05) is 23.2 Å². The van der Waals surface area contributed by atoms with Crippen molar-refractivity contribution in [3.8, 4) is 5.75 Å². The molecule has 2 aromatic carbocycles. The number of anilines is 1. The molecule has 0 aliphatic rings. The number of benzene rings is 2. The Bertz CT molecular complexity index is 1030. The van der Waals surface area contributed by atoms with Crippen molar-refractivity contribution in [1.29, 1.82) is 0 Å². The molecule has 0 saturated carbocycles. The fraction of sp³-hybridized carbons (Fsp3) is 0.235. The third-order valence-electron chi connectivity index (χ3n) is 3.69. The summed E-state index contributed by atoms with van der Waals surface area (Å²) in [4.78, 5) is 12.0. The van der Waals surface area contributed by atoms with Crippen LogP contribution in [0.1, 0.15) is 12.5 Å². The highest BCUT2D eigenvalue weighted by atomic mass is 35.5. The van der Waals surface area contributed by atoms with Crippen molar-refractivity contribution in [3.63, 3.8) is 0 Å². The van der Waals surface area contributed by atoms with Crippen LogP contribution in [-0.4, -0.2) is 27.5 Å². The molecule has 2 rings (SSSR count). The molecule has 2 aromatic rings. The molecule has 158 valence electrons. The second kappa shape index (κ2) is 8.78. The Morgan fingerprint density at radius 1 is 1.10 bits per heavy atom. The maximum absolute atomic E-state index is 13.1. The summed E-state index contributed by atoms with van der Waals surface area (Å²) in [7, 11) is -3.02. The Morgan fingerprint density at radius 2 is 1.69 bits per heavy atom. The summed E-state index contributed by atoms with van der Waals surface area (Å²) in [6.07, 6.45) is -4.77. The van der Waals surface area contributed by atoms with Gasteiger partial charge in [-0.25, -0.2) is 8.42 Å². The van der Waals surface area contributed by atoms with Crippen molar-refractivity contribution >= 4 is 44.8 Å². The van der Waals surface area contributed by atoms with Gasteiger partial charge in [0.25, 0.3) is 0 Å². The number of sulfonamides is 1. The van der Waals surface area contributed by atoms with E-state index in [0.717, 1.165) is 18.2 Å². The zero-order chi connectivity index (χ0) is 22.0. The number of ether oxygens (including phenoxy) is 1. The van der Waals surface area contributed by atoms with E-state index < -0.39 is 39.4 Å². The monoisotopic (exact) mass is 470 g/mol. The van der Waals surface area contributed by atoms with Gasteiger partial charge < -0.3 is 10.1 Å². The van der Waals surface area contributed by atoms with Gasteiger partial charge in [-0.05, 0) is 43.3 Å². The summed E-state index contributed by atoms with van der Waals surface area (Å²) in [5.74, 6) is -1.03. The zero-order valence-corrected chi connectivity index (χ0v) is 17.3. The highest BCUT2D eigenvalue weighted by Gasteiger charge is 2.35. The molecule has 0 saturated heterocycles. The Labute approximate surface area is 175 Å². The van der Waals surface area contributed by atoms with Gasteiger partial charge in [0.2, 0.25) is 15.9 Å². The number of rotatable bonds is 6. The van der Waals surface area contributed by atoms with E-state index >= 15 is 0 Å². The lowest BCUT2D eigenvalue weighted by atomic mass is 10.1. The molecule has 12 heteroatoms. The molecule has 0 radical (unpaired) electrons. The molecule has 0 heterocycles. The highest BCUT2D eigenvalue weighted by Crippen LogP contribution is 2.36. The van der Waals surface area contributed by atoms with Crippen LogP contribution in [0.25, 0.3) is 0 Å². The first kappa shape index (κ1) is 23.3. The SMILES string of the molecule is COc1ccc(Cl)cc1S(=O)(=O)N[C@@H](C)C(=O)Nc1ccc(Cl)cc1C(F)(F)F. The predicted molar refractivity (Wildman–Crippen MR) is 103 cm³/mol. The van der Waals surface area contributed by atoms with Crippen LogP contribution in [-0.2, 0) is 21.0 Å². The number of hydrogen-bond acceptors (Lipinski definition) is 4. The molecule has 0 spiro atoms. The van der Waals surface area contributed by atoms with Crippen molar-refractivity contribution in [3.05, 3.63) is 52.0 Å². The van der Waals surface area contributed by atoms with E-state index in [0.29, 0.717) is 6.07 Å². The van der Waals surface area contributed by atoms with Gasteiger partial charge in [0.1, 0.15) is 10.6 Å². The zero-order valence-electron chi connectivity index (χ0n) is 15.0. The maximum Gasteiger partial charge on any atom is 0.418 e. The molecule has 0 aliphatic heterocycles. The van der Waals surface area contributed by atoms with E-state index in [1.807, 2.05) is 0 Å². The number of hydrogen-bond donors (Lipinski definition) is 2. The van der Waals surface area contributed by atoms with Gasteiger partial charge in [-0.2, -0.15) is 17.9 Å². The van der Waals surface area contributed by atoms with Crippen molar-refractivity contribution in [2.24, 2.45) is 0 Å². The molecule has 1 atom stereocenters. The van der Waals surface area contributed by atoms with Crippen LogP contribution in [0.2, 0.25) is 10.0 Å². The number of carbonyl (C=O) groups excluding carboxylic acids is 1. The fourth-order valence-electron chi connectivity index (χ4n) is 2.31. The third kappa shape index (κ3) is 5.75. The molecule has 6 nitrogen and oxygen atoms in total. The van der Waals surface area contributed by atoms with Crippen molar-refractivity contribution in [1.82, 2.24) is 4.72 Å². The smallest absolute Gasteiger partial charge is 0.418 e. The molecule has 2 N–H and O–H groups in total. The van der Waals surface area contributed by atoms with Gasteiger partial charge in [0.15, 0.2) is 0 Å². The first-order chi connectivity index (χ1) is 13.3. The highest BCUT2D eigenvalue weighted by molar-refractivity contribution is 7.89. The molecule has 29 heavy (non-hydrogen) atoms. The van der Waals surface area contributed by atoms with E-state index in [1.54, 1.807) is 0 Å². The van der Waals surface area contributed by atoms with Crippen molar-refractivity contribution in [2.45, 2.75) is 24.0 Å². The largest absolute Gasteiger partial charge is 0.495 e. The summed E-state index contributed by atoms with van der Waals surface area (Å²) < 4.78 is 71.6. The normalized spacial score (nSPS) is 13.1. The minimum atomic E-state index is -4.77. The van der Waals surface area contributed by atoms with Crippen LogP contribution >= 0.6 is 23.2 Å². The molecular formula is C17H15Cl2F3N2O4S. The molecule has 0 bridgehead atoms. The fourth-order valence-corrected chi connectivity index (χ4v) is 4.12. The van der Waals surface area contributed by atoms with Crippen LogP contribution < -0.4 is 14.8 Å². The first-order valence-corrected chi connectivity index (χ1v) is 10.1. The Hall–Kier alpha value is -2.01.